The van der Waals surface area contributed by atoms with E-state index in [1.165, 1.54) is 0 Å². The van der Waals surface area contributed by atoms with Gasteiger partial charge in [0.25, 0.3) is 0 Å². The van der Waals surface area contributed by atoms with Crippen molar-refractivity contribution in [2.24, 2.45) is 5.92 Å². The van der Waals surface area contributed by atoms with Gasteiger partial charge in [0.05, 0.1) is 0 Å². The Morgan fingerprint density at radius 2 is 1.95 bits per heavy atom. The summed E-state index contributed by atoms with van der Waals surface area (Å²) in [4.78, 5) is 14.2. The number of ether oxygens (including phenoxy) is 2. The van der Waals surface area contributed by atoms with Gasteiger partial charge in [-0.1, -0.05) is 6.92 Å². The molecular weight excluding hydrogens is 280 g/mol. The molecule has 1 aromatic carbocycles. The van der Waals surface area contributed by atoms with Gasteiger partial charge in [0.1, 0.15) is 13.2 Å². The highest BCUT2D eigenvalue weighted by Crippen LogP contribution is 2.32. The van der Waals surface area contributed by atoms with Crippen molar-refractivity contribution >= 4 is 11.6 Å². The van der Waals surface area contributed by atoms with Crippen LogP contribution in [0.5, 0.6) is 11.5 Å². The fraction of sp³-hybridized carbons (Fsp3) is 0.588. The minimum atomic E-state index is 0.247. The molecule has 5 heteroatoms. The van der Waals surface area contributed by atoms with E-state index in [0.29, 0.717) is 26.2 Å². The fourth-order valence-corrected chi connectivity index (χ4v) is 2.88. The molecule has 1 N–H and O–H groups in total. The maximum absolute atomic E-state index is 12.2. The summed E-state index contributed by atoms with van der Waals surface area (Å²) >= 11 is 0. The van der Waals surface area contributed by atoms with Crippen LogP contribution in [0.15, 0.2) is 18.2 Å². The highest BCUT2D eigenvalue weighted by Gasteiger charge is 2.19. The molecule has 2 heterocycles. The highest BCUT2D eigenvalue weighted by molar-refractivity contribution is 5.76. The lowest BCUT2D eigenvalue weighted by Crippen LogP contribution is -2.38. The first-order valence-corrected chi connectivity index (χ1v) is 8.13. The quantitative estimate of drug-likeness (QED) is 0.928. The summed E-state index contributed by atoms with van der Waals surface area (Å²) < 4.78 is 11.1. The number of hydrogen-bond acceptors (Lipinski definition) is 4. The van der Waals surface area contributed by atoms with Gasteiger partial charge in [-0.3, -0.25) is 4.79 Å². The molecule has 1 aromatic rings. The van der Waals surface area contributed by atoms with Crippen LogP contribution < -0.4 is 14.8 Å². The monoisotopic (exact) mass is 304 g/mol. The van der Waals surface area contributed by atoms with E-state index in [-0.39, 0.29) is 5.91 Å². The molecule has 3 rings (SSSR count). The molecule has 5 nitrogen and oxygen atoms in total. The molecule has 0 aromatic heterocycles. The second-order valence-electron chi connectivity index (χ2n) is 6.10. The summed E-state index contributed by atoms with van der Waals surface area (Å²) in [6.45, 7) is 5.90. The normalized spacial score (nSPS) is 18.1. The summed E-state index contributed by atoms with van der Waals surface area (Å²) in [5.41, 5.74) is 0.962. The fourth-order valence-electron chi connectivity index (χ4n) is 2.88. The van der Waals surface area contributed by atoms with Gasteiger partial charge < -0.3 is 19.7 Å². The molecule has 22 heavy (non-hydrogen) atoms. The van der Waals surface area contributed by atoms with Crippen LogP contribution in [0.2, 0.25) is 0 Å². The molecule has 0 aliphatic carbocycles. The van der Waals surface area contributed by atoms with Crippen LogP contribution >= 0.6 is 0 Å². The first-order valence-electron chi connectivity index (χ1n) is 8.13. The molecule has 0 spiro atoms. The van der Waals surface area contributed by atoms with Gasteiger partial charge in [0.2, 0.25) is 5.91 Å². The van der Waals surface area contributed by atoms with Crippen molar-refractivity contribution in [1.82, 2.24) is 4.90 Å². The Labute approximate surface area is 131 Å². The summed E-state index contributed by atoms with van der Waals surface area (Å²) in [5, 5.41) is 3.29. The number of fused-ring (bicyclic) bond motifs is 1. The van der Waals surface area contributed by atoms with Gasteiger partial charge in [-0.15, -0.1) is 0 Å². The molecule has 1 saturated heterocycles. The molecule has 0 radical (unpaired) electrons. The third kappa shape index (κ3) is 3.64. The van der Waals surface area contributed by atoms with Gasteiger partial charge >= 0.3 is 0 Å². The summed E-state index contributed by atoms with van der Waals surface area (Å²) in [6.07, 6.45) is 2.78. The van der Waals surface area contributed by atoms with Crippen LogP contribution in [-0.2, 0) is 4.79 Å². The zero-order valence-corrected chi connectivity index (χ0v) is 13.1. The molecular formula is C17H24N2O3. The van der Waals surface area contributed by atoms with Crippen molar-refractivity contribution in [1.29, 1.82) is 0 Å². The smallest absolute Gasteiger partial charge is 0.224 e. The lowest BCUT2D eigenvalue weighted by Gasteiger charge is -2.30. The molecule has 0 bridgehead atoms. The van der Waals surface area contributed by atoms with E-state index in [2.05, 4.69) is 12.2 Å². The van der Waals surface area contributed by atoms with Crippen LogP contribution in [0.25, 0.3) is 0 Å². The van der Waals surface area contributed by atoms with Crippen LogP contribution in [0.3, 0.4) is 0 Å². The first kappa shape index (κ1) is 15.0. The topological polar surface area (TPSA) is 50.8 Å². The zero-order valence-electron chi connectivity index (χ0n) is 13.1. The Balaban J connectivity index is 1.45. The third-order valence-electron chi connectivity index (χ3n) is 4.35. The number of nitrogens with one attached hydrogen (secondary N) is 1. The molecule has 0 saturated carbocycles. The average Bonchev–Trinajstić information content (AvgIpc) is 2.55. The number of carbonyl (C=O) groups excluding carboxylic acids is 1. The molecule has 1 fully saturated rings. The van der Waals surface area contributed by atoms with Gasteiger partial charge in [0, 0.05) is 37.8 Å². The van der Waals surface area contributed by atoms with Crippen LogP contribution in [0, 0.1) is 5.92 Å². The van der Waals surface area contributed by atoms with E-state index in [1.807, 2.05) is 23.1 Å². The van der Waals surface area contributed by atoms with Crippen molar-refractivity contribution in [3.05, 3.63) is 18.2 Å². The van der Waals surface area contributed by atoms with Gasteiger partial charge in [-0.2, -0.15) is 0 Å². The number of anilines is 1. The van der Waals surface area contributed by atoms with E-state index in [1.54, 1.807) is 0 Å². The lowest BCUT2D eigenvalue weighted by atomic mass is 9.99. The second kappa shape index (κ2) is 6.90. The van der Waals surface area contributed by atoms with Crippen LogP contribution in [-0.4, -0.2) is 43.7 Å². The average molecular weight is 304 g/mol. The molecule has 120 valence electrons. The second-order valence-corrected chi connectivity index (χ2v) is 6.10. The Morgan fingerprint density at radius 3 is 2.73 bits per heavy atom. The first-order chi connectivity index (χ1) is 10.7. The van der Waals surface area contributed by atoms with Gasteiger partial charge in [-0.25, -0.2) is 0 Å². The minimum absolute atomic E-state index is 0.247. The number of carbonyl (C=O) groups is 1. The molecule has 2 aliphatic heterocycles. The van der Waals surface area contributed by atoms with Crippen LogP contribution in [0.1, 0.15) is 26.2 Å². The SMILES string of the molecule is CC1CCN(C(=O)CCNc2ccc3c(c2)OCCO3)CC1. The van der Waals surface area contributed by atoms with Crippen molar-refractivity contribution in [3.63, 3.8) is 0 Å². The number of piperidine rings is 1. The van der Waals surface area contributed by atoms with Crippen molar-refractivity contribution in [3.8, 4) is 11.5 Å². The van der Waals surface area contributed by atoms with E-state index in [9.17, 15) is 4.79 Å². The largest absolute Gasteiger partial charge is 0.486 e. The van der Waals surface area contributed by atoms with Crippen molar-refractivity contribution < 1.29 is 14.3 Å². The number of nitrogens with zero attached hydrogens (tertiary/aromatic N) is 1. The van der Waals surface area contributed by atoms with E-state index < -0.39 is 0 Å². The summed E-state index contributed by atoms with van der Waals surface area (Å²) in [5.74, 6) is 2.56. The van der Waals surface area contributed by atoms with Crippen molar-refractivity contribution in [2.75, 3.05) is 38.2 Å². The predicted molar refractivity (Wildman–Crippen MR) is 85.5 cm³/mol. The Morgan fingerprint density at radius 1 is 1.23 bits per heavy atom. The van der Waals surface area contributed by atoms with E-state index in [0.717, 1.165) is 49.0 Å². The predicted octanol–water partition coefficient (Wildman–Crippen LogP) is 2.52. The number of likely N-dealkylation sites (tertiary alicyclic amines) is 1. The maximum atomic E-state index is 12.2. The Hall–Kier alpha value is -1.91. The van der Waals surface area contributed by atoms with Crippen molar-refractivity contribution in [2.45, 2.75) is 26.2 Å². The lowest BCUT2D eigenvalue weighted by molar-refractivity contribution is -0.132. The number of rotatable bonds is 4. The Kier molecular flexibility index (Phi) is 4.71. The maximum Gasteiger partial charge on any atom is 0.224 e. The zero-order chi connectivity index (χ0) is 15.4. The van der Waals surface area contributed by atoms with Gasteiger partial charge in [-0.05, 0) is 30.9 Å². The molecule has 1 amide bonds. The van der Waals surface area contributed by atoms with Crippen LogP contribution in [0.4, 0.5) is 5.69 Å². The number of hydrogen-bond donors (Lipinski definition) is 1. The minimum Gasteiger partial charge on any atom is -0.486 e. The third-order valence-corrected chi connectivity index (χ3v) is 4.35. The highest BCUT2D eigenvalue weighted by atomic mass is 16.6. The molecule has 2 aliphatic rings. The number of benzene rings is 1. The molecule has 0 atom stereocenters. The van der Waals surface area contributed by atoms with E-state index in [4.69, 9.17) is 9.47 Å². The van der Waals surface area contributed by atoms with E-state index >= 15 is 0 Å². The summed E-state index contributed by atoms with van der Waals surface area (Å²) in [7, 11) is 0. The summed E-state index contributed by atoms with van der Waals surface area (Å²) in [6, 6.07) is 5.80. The standard InChI is InChI=1S/C17H24N2O3/c1-13-5-8-19(9-6-13)17(20)4-7-18-14-2-3-15-16(12-14)22-11-10-21-15/h2-3,12-13,18H,4-11H2,1H3. The molecule has 0 unspecified atom stereocenters. The number of amides is 1. The van der Waals surface area contributed by atoms with Gasteiger partial charge in [0.15, 0.2) is 11.5 Å². The Bertz CT molecular complexity index is 525.